The van der Waals surface area contributed by atoms with Crippen molar-refractivity contribution in [3.8, 4) is 5.75 Å². The molecule has 1 aromatic carbocycles. The van der Waals surface area contributed by atoms with Crippen LogP contribution >= 0.6 is 0 Å². The van der Waals surface area contributed by atoms with E-state index in [0.717, 1.165) is 17.0 Å². The zero-order valence-corrected chi connectivity index (χ0v) is 10.5. The Morgan fingerprint density at radius 2 is 2.22 bits per heavy atom. The Hall–Kier alpha value is -2.01. The summed E-state index contributed by atoms with van der Waals surface area (Å²) in [5.74, 6) is 0.750. The van der Waals surface area contributed by atoms with Crippen molar-refractivity contribution in [1.82, 2.24) is 9.78 Å². The quantitative estimate of drug-likeness (QED) is 0.842. The van der Waals surface area contributed by atoms with Gasteiger partial charge < -0.3 is 15.2 Å². The van der Waals surface area contributed by atoms with E-state index in [2.05, 4.69) is 10.4 Å². The molecule has 0 saturated heterocycles. The molecule has 0 aliphatic rings. The van der Waals surface area contributed by atoms with Gasteiger partial charge in [0.15, 0.2) is 0 Å². The van der Waals surface area contributed by atoms with Crippen molar-refractivity contribution in [3.05, 3.63) is 42.2 Å². The molecule has 5 heteroatoms. The highest BCUT2D eigenvalue weighted by atomic mass is 16.5. The fraction of sp³-hybridized carbons (Fsp3) is 0.308. The minimum absolute atomic E-state index is 0.0102. The van der Waals surface area contributed by atoms with Gasteiger partial charge in [-0.25, -0.2) is 0 Å². The van der Waals surface area contributed by atoms with E-state index in [9.17, 15) is 5.11 Å². The molecular weight excluding hydrogens is 230 g/mol. The van der Waals surface area contributed by atoms with Gasteiger partial charge in [0, 0.05) is 18.8 Å². The summed E-state index contributed by atoms with van der Waals surface area (Å²) < 4.78 is 6.98. The monoisotopic (exact) mass is 247 g/mol. The number of anilines is 1. The maximum absolute atomic E-state index is 9.47. The third-order valence-corrected chi connectivity index (χ3v) is 2.75. The van der Waals surface area contributed by atoms with Crippen LogP contribution in [0.1, 0.15) is 11.6 Å². The molecule has 1 aromatic heterocycles. The molecule has 5 nitrogen and oxygen atoms in total. The second-order valence-corrected chi connectivity index (χ2v) is 4.03. The number of aromatic nitrogens is 2. The van der Waals surface area contributed by atoms with Crippen LogP contribution in [-0.2, 0) is 7.05 Å². The van der Waals surface area contributed by atoms with E-state index in [1.54, 1.807) is 18.0 Å². The van der Waals surface area contributed by atoms with Gasteiger partial charge in [-0.15, -0.1) is 0 Å². The maximum Gasteiger partial charge on any atom is 0.141 e. The zero-order valence-electron chi connectivity index (χ0n) is 10.5. The molecule has 0 saturated carbocycles. The van der Waals surface area contributed by atoms with Crippen LogP contribution in [0.3, 0.4) is 0 Å². The van der Waals surface area contributed by atoms with Crippen LogP contribution in [-0.4, -0.2) is 28.6 Å². The SMILES string of the molecule is COc1ccccc1NC(CO)c1cnn(C)c1. The number of benzene rings is 1. The first-order valence-electron chi connectivity index (χ1n) is 5.73. The van der Waals surface area contributed by atoms with Crippen molar-refractivity contribution in [2.75, 3.05) is 19.0 Å². The van der Waals surface area contributed by atoms with Crippen LogP contribution in [0, 0.1) is 0 Å². The number of aryl methyl sites for hydroxylation is 1. The van der Waals surface area contributed by atoms with Gasteiger partial charge in [-0.05, 0) is 12.1 Å². The number of hydrogen-bond acceptors (Lipinski definition) is 4. The molecule has 1 heterocycles. The predicted molar refractivity (Wildman–Crippen MR) is 69.7 cm³/mol. The number of rotatable bonds is 5. The Labute approximate surface area is 106 Å². The minimum Gasteiger partial charge on any atom is -0.495 e. The molecule has 2 N–H and O–H groups in total. The summed E-state index contributed by atoms with van der Waals surface area (Å²) in [6.07, 6.45) is 3.62. The molecule has 2 aromatic rings. The van der Waals surface area contributed by atoms with E-state index < -0.39 is 0 Å². The van der Waals surface area contributed by atoms with E-state index >= 15 is 0 Å². The van der Waals surface area contributed by atoms with Gasteiger partial charge >= 0.3 is 0 Å². The number of aliphatic hydroxyl groups excluding tert-OH is 1. The molecular formula is C13H17N3O2. The van der Waals surface area contributed by atoms with Crippen LogP contribution in [0.4, 0.5) is 5.69 Å². The van der Waals surface area contributed by atoms with Crippen LogP contribution in [0.15, 0.2) is 36.7 Å². The molecule has 1 atom stereocenters. The summed E-state index contributed by atoms with van der Waals surface area (Å²) in [5.41, 5.74) is 1.79. The third-order valence-electron chi connectivity index (χ3n) is 2.75. The number of nitrogens with one attached hydrogen (secondary N) is 1. The maximum atomic E-state index is 9.47. The standard InChI is InChI=1S/C13H17N3O2/c1-16-8-10(7-14-16)12(9-17)15-11-5-3-4-6-13(11)18-2/h3-8,12,15,17H,9H2,1-2H3. The van der Waals surface area contributed by atoms with Gasteiger partial charge in [-0.1, -0.05) is 12.1 Å². The second kappa shape index (κ2) is 5.55. The van der Waals surface area contributed by atoms with Crippen LogP contribution in [0.2, 0.25) is 0 Å². The Morgan fingerprint density at radius 1 is 1.44 bits per heavy atom. The highest BCUT2D eigenvalue weighted by molar-refractivity contribution is 5.57. The topological polar surface area (TPSA) is 59.3 Å². The smallest absolute Gasteiger partial charge is 0.141 e. The van der Waals surface area contributed by atoms with Crippen LogP contribution in [0.5, 0.6) is 5.75 Å². The first-order valence-corrected chi connectivity index (χ1v) is 5.73. The number of aliphatic hydroxyl groups is 1. The first kappa shape index (κ1) is 12.4. The van der Waals surface area contributed by atoms with E-state index in [4.69, 9.17) is 4.74 Å². The normalized spacial score (nSPS) is 12.2. The average molecular weight is 247 g/mol. The number of para-hydroxylation sites is 2. The van der Waals surface area contributed by atoms with Crippen molar-refractivity contribution >= 4 is 5.69 Å². The van der Waals surface area contributed by atoms with E-state index in [-0.39, 0.29) is 12.6 Å². The predicted octanol–water partition coefficient (Wildman–Crippen LogP) is 1.57. The summed E-state index contributed by atoms with van der Waals surface area (Å²) in [5, 5.41) is 16.8. The lowest BCUT2D eigenvalue weighted by Crippen LogP contribution is -2.14. The number of nitrogens with zero attached hydrogens (tertiary/aromatic N) is 2. The zero-order chi connectivity index (χ0) is 13.0. The highest BCUT2D eigenvalue weighted by Gasteiger charge is 2.13. The fourth-order valence-electron chi connectivity index (χ4n) is 1.81. The van der Waals surface area contributed by atoms with Gasteiger partial charge in [0.2, 0.25) is 0 Å². The van der Waals surface area contributed by atoms with Gasteiger partial charge in [0.05, 0.1) is 31.6 Å². The summed E-state index contributed by atoms with van der Waals surface area (Å²) in [7, 11) is 3.47. The lowest BCUT2D eigenvalue weighted by molar-refractivity contribution is 0.276. The second-order valence-electron chi connectivity index (χ2n) is 4.03. The lowest BCUT2D eigenvalue weighted by Gasteiger charge is -2.18. The summed E-state index contributed by atoms with van der Waals surface area (Å²) in [4.78, 5) is 0. The van der Waals surface area contributed by atoms with E-state index in [1.807, 2.05) is 37.5 Å². The summed E-state index contributed by atoms with van der Waals surface area (Å²) >= 11 is 0. The molecule has 0 aliphatic carbocycles. The summed E-state index contributed by atoms with van der Waals surface area (Å²) in [6.45, 7) is -0.0102. The molecule has 18 heavy (non-hydrogen) atoms. The van der Waals surface area contributed by atoms with Crippen LogP contribution in [0.25, 0.3) is 0 Å². The molecule has 96 valence electrons. The number of ether oxygens (including phenoxy) is 1. The molecule has 0 bridgehead atoms. The van der Waals surface area contributed by atoms with E-state index in [0.29, 0.717) is 0 Å². The van der Waals surface area contributed by atoms with Crippen molar-refractivity contribution < 1.29 is 9.84 Å². The lowest BCUT2D eigenvalue weighted by atomic mass is 10.1. The molecule has 0 aliphatic heterocycles. The first-order chi connectivity index (χ1) is 8.74. The van der Waals surface area contributed by atoms with Crippen molar-refractivity contribution in [2.45, 2.75) is 6.04 Å². The average Bonchev–Trinajstić information content (AvgIpc) is 2.83. The van der Waals surface area contributed by atoms with Crippen molar-refractivity contribution in [1.29, 1.82) is 0 Å². The largest absolute Gasteiger partial charge is 0.495 e. The Bertz CT molecular complexity index is 510. The van der Waals surface area contributed by atoms with Gasteiger partial charge in [-0.3, -0.25) is 4.68 Å². The van der Waals surface area contributed by atoms with Gasteiger partial charge in [0.25, 0.3) is 0 Å². The molecule has 0 amide bonds. The molecule has 0 spiro atoms. The Morgan fingerprint density at radius 3 is 2.83 bits per heavy atom. The molecule has 0 fully saturated rings. The Kier molecular flexibility index (Phi) is 3.84. The summed E-state index contributed by atoms with van der Waals surface area (Å²) in [6, 6.07) is 7.41. The molecule has 0 radical (unpaired) electrons. The van der Waals surface area contributed by atoms with Crippen LogP contribution < -0.4 is 10.1 Å². The van der Waals surface area contributed by atoms with E-state index in [1.165, 1.54) is 0 Å². The Balaban J connectivity index is 2.20. The van der Waals surface area contributed by atoms with Gasteiger partial charge in [-0.2, -0.15) is 5.10 Å². The van der Waals surface area contributed by atoms with Crippen molar-refractivity contribution in [2.24, 2.45) is 7.05 Å². The van der Waals surface area contributed by atoms with Crippen molar-refractivity contribution in [3.63, 3.8) is 0 Å². The molecule has 2 rings (SSSR count). The number of hydrogen-bond donors (Lipinski definition) is 2. The third kappa shape index (κ3) is 2.62. The fourth-order valence-corrected chi connectivity index (χ4v) is 1.81. The highest BCUT2D eigenvalue weighted by Crippen LogP contribution is 2.27. The van der Waals surface area contributed by atoms with Gasteiger partial charge in [0.1, 0.15) is 5.75 Å². The minimum atomic E-state index is -0.199. The number of methoxy groups -OCH3 is 1. The molecule has 1 unspecified atom stereocenters.